The molecule has 0 radical (unpaired) electrons. The molecule has 0 aliphatic rings. The molecule has 0 fully saturated rings. The lowest BCUT2D eigenvalue weighted by Gasteiger charge is -2.19. The van der Waals surface area contributed by atoms with Crippen molar-refractivity contribution in [2.24, 2.45) is 0 Å². The summed E-state index contributed by atoms with van der Waals surface area (Å²) in [5.74, 6) is -1.36. The van der Waals surface area contributed by atoms with Crippen molar-refractivity contribution in [1.82, 2.24) is 5.32 Å². The zero-order valence-corrected chi connectivity index (χ0v) is 11.5. The summed E-state index contributed by atoms with van der Waals surface area (Å²) in [5, 5.41) is 5.49. The van der Waals surface area contributed by atoms with E-state index in [0.717, 1.165) is 31.0 Å². The smallest absolute Gasteiger partial charge is 0.242 e. The van der Waals surface area contributed by atoms with Crippen molar-refractivity contribution in [3.8, 4) is 0 Å². The molecule has 19 heavy (non-hydrogen) atoms. The molecule has 0 saturated carbocycles. The Bertz CT molecular complexity index is 437. The number of benzene rings is 1. The summed E-state index contributed by atoms with van der Waals surface area (Å²) in [6.45, 7) is 5.56. The van der Waals surface area contributed by atoms with Gasteiger partial charge in [-0.3, -0.25) is 4.79 Å². The topological polar surface area (TPSA) is 41.1 Å². The standard InChI is InChI=1S/C14H20F2N2O/c1-4-5-9(2)17-14(19)10(3)18-13-8-11(15)6-7-12(13)16/h6-10,18H,4-5H2,1-3H3,(H,17,19). The number of carbonyl (C=O) groups is 1. The van der Waals surface area contributed by atoms with Gasteiger partial charge in [-0.05, 0) is 38.5 Å². The van der Waals surface area contributed by atoms with E-state index in [1.54, 1.807) is 6.92 Å². The first-order valence-corrected chi connectivity index (χ1v) is 6.46. The van der Waals surface area contributed by atoms with Gasteiger partial charge in [-0.15, -0.1) is 0 Å². The predicted octanol–water partition coefficient (Wildman–Crippen LogP) is 3.07. The third-order valence-corrected chi connectivity index (χ3v) is 2.80. The zero-order valence-electron chi connectivity index (χ0n) is 11.5. The first-order chi connectivity index (χ1) is 8.93. The molecule has 0 spiro atoms. The number of halogens is 2. The van der Waals surface area contributed by atoms with E-state index >= 15 is 0 Å². The van der Waals surface area contributed by atoms with Gasteiger partial charge in [0.2, 0.25) is 5.91 Å². The van der Waals surface area contributed by atoms with E-state index in [0.29, 0.717) is 0 Å². The maximum Gasteiger partial charge on any atom is 0.242 e. The van der Waals surface area contributed by atoms with E-state index in [2.05, 4.69) is 10.6 Å². The summed E-state index contributed by atoms with van der Waals surface area (Å²) >= 11 is 0. The van der Waals surface area contributed by atoms with Gasteiger partial charge in [0.25, 0.3) is 0 Å². The highest BCUT2D eigenvalue weighted by Gasteiger charge is 2.16. The van der Waals surface area contributed by atoms with Crippen molar-refractivity contribution in [2.45, 2.75) is 45.7 Å². The van der Waals surface area contributed by atoms with E-state index in [1.165, 1.54) is 0 Å². The van der Waals surface area contributed by atoms with Crippen LogP contribution in [0.3, 0.4) is 0 Å². The summed E-state index contributed by atoms with van der Waals surface area (Å²) in [4.78, 5) is 11.8. The Morgan fingerprint density at radius 3 is 2.63 bits per heavy atom. The molecule has 2 atom stereocenters. The van der Waals surface area contributed by atoms with E-state index in [9.17, 15) is 13.6 Å². The number of rotatable bonds is 6. The lowest BCUT2D eigenvalue weighted by atomic mass is 10.2. The summed E-state index contributed by atoms with van der Waals surface area (Å²) in [6.07, 6.45) is 1.86. The van der Waals surface area contributed by atoms with Crippen molar-refractivity contribution in [3.63, 3.8) is 0 Å². The molecule has 0 bridgehead atoms. The van der Waals surface area contributed by atoms with Crippen LogP contribution in [-0.2, 0) is 4.79 Å². The van der Waals surface area contributed by atoms with Crippen molar-refractivity contribution >= 4 is 11.6 Å². The quantitative estimate of drug-likeness (QED) is 0.834. The number of hydrogen-bond acceptors (Lipinski definition) is 2. The largest absolute Gasteiger partial charge is 0.371 e. The number of amides is 1. The van der Waals surface area contributed by atoms with Crippen molar-refractivity contribution in [2.75, 3.05) is 5.32 Å². The molecule has 2 unspecified atom stereocenters. The molecule has 3 nitrogen and oxygen atoms in total. The maximum absolute atomic E-state index is 13.4. The van der Waals surface area contributed by atoms with Crippen molar-refractivity contribution < 1.29 is 13.6 Å². The van der Waals surface area contributed by atoms with Crippen LogP contribution in [0.25, 0.3) is 0 Å². The highest BCUT2D eigenvalue weighted by atomic mass is 19.1. The normalized spacial score (nSPS) is 13.7. The van der Waals surface area contributed by atoms with Crippen LogP contribution in [0.15, 0.2) is 18.2 Å². The minimum absolute atomic E-state index is 0.00852. The molecule has 0 aliphatic carbocycles. The Kier molecular flexibility index (Phi) is 5.73. The summed E-state index contributed by atoms with van der Waals surface area (Å²) in [5.41, 5.74) is -0.00852. The lowest BCUT2D eigenvalue weighted by Crippen LogP contribution is -2.42. The van der Waals surface area contributed by atoms with Crippen LogP contribution >= 0.6 is 0 Å². The molecule has 1 amide bonds. The van der Waals surface area contributed by atoms with Crippen molar-refractivity contribution in [3.05, 3.63) is 29.8 Å². The third-order valence-electron chi connectivity index (χ3n) is 2.80. The molecule has 1 aromatic carbocycles. The highest BCUT2D eigenvalue weighted by Crippen LogP contribution is 2.16. The van der Waals surface area contributed by atoms with Gasteiger partial charge >= 0.3 is 0 Å². The minimum Gasteiger partial charge on any atom is -0.371 e. The second-order valence-corrected chi connectivity index (χ2v) is 4.69. The number of carbonyl (C=O) groups excluding carboxylic acids is 1. The van der Waals surface area contributed by atoms with E-state index in [-0.39, 0.29) is 17.6 Å². The lowest BCUT2D eigenvalue weighted by molar-refractivity contribution is -0.122. The van der Waals surface area contributed by atoms with Crippen LogP contribution in [-0.4, -0.2) is 18.0 Å². The number of anilines is 1. The van der Waals surface area contributed by atoms with Gasteiger partial charge in [0.15, 0.2) is 0 Å². The van der Waals surface area contributed by atoms with Crippen LogP contribution in [0.2, 0.25) is 0 Å². The van der Waals surface area contributed by atoms with Gasteiger partial charge < -0.3 is 10.6 Å². The van der Waals surface area contributed by atoms with E-state index in [4.69, 9.17) is 0 Å². The molecule has 0 saturated heterocycles. The molecule has 0 heterocycles. The van der Waals surface area contributed by atoms with Crippen LogP contribution in [0, 0.1) is 11.6 Å². The molecule has 0 aromatic heterocycles. The van der Waals surface area contributed by atoms with E-state index in [1.807, 2.05) is 13.8 Å². The Balaban J connectivity index is 2.61. The first-order valence-electron chi connectivity index (χ1n) is 6.46. The van der Waals surface area contributed by atoms with Gasteiger partial charge in [-0.2, -0.15) is 0 Å². The average Bonchev–Trinajstić information content (AvgIpc) is 2.34. The molecule has 5 heteroatoms. The van der Waals surface area contributed by atoms with Gasteiger partial charge in [0.1, 0.15) is 17.7 Å². The fourth-order valence-electron chi connectivity index (χ4n) is 1.78. The minimum atomic E-state index is -0.629. The number of nitrogens with one attached hydrogen (secondary N) is 2. The summed E-state index contributed by atoms with van der Waals surface area (Å²) < 4.78 is 26.4. The zero-order chi connectivity index (χ0) is 14.4. The van der Waals surface area contributed by atoms with Gasteiger partial charge in [0.05, 0.1) is 5.69 Å². The second kappa shape index (κ2) is 7.07. The van der Waals surface area contributed by atoms with Crippen LogP contribution in [0.1, 0.15) is 33.6 Å². The SMILES string of the molecule is CCCC(C)NC(=O)C(C)Nc1cc(F)ccc1F. The molecule has 1 aromatic rings. The highest BCUT2D eigenvalue weighted by molar-refractivity contribution is 5.84. The van der Waals surface area contributed by atoms with Crippen LogP contribution in [0.5, 0.6) is 0 Å². The third kappa shape index (κ3) is 4.85. The Morgan fingerprint density at radius 1 is 1.32 bits per heavy atom. The summed E-state index contributed by atoms with van der Waals surface area (Å²) in [7, 11) is 0. The maximum atomic E-state index is 13.4. The first kappa shape index (κ1) is 15.4. The molecule has 2 N–H and O–H groups in total. The van der Waals surface area contributed by atoms with Crippen molar-refractivity contribution in [1.29, 1.82) is 0 Å². The Morgan fingerprint density at radius 2 is 2.00 bits per heavy atom. The predicted molar refractivity (Wildman–Crippen MR) is 72.0 cm³/mol. The van der Waals surface area contributed by atoms with Crippen LogP contribution < -0.4 is 10.6 Å². The molecule has 1 rings (SSSR count). The fourth-order valence-corrected chi connectivity index (χ4v) is 1.78. The van der Waals surface area contributed by atoms with Gasteiger partial charge in [-0.25, -0.2) is 8.78 Å². The second-order valence-electron chi connectivity index (χ2n) is 4.69. The molecular formula is C14H20F2N2O. The monoisotopic (exact) mass is 270 g/mol. The average molecular weight is 270 g/mol. The van der Waals surface area contributed by atoms with Gasteiger partial charge in [-0.1, -0.05) is 13.3 Å². The molecular weight excluding hydrogens is 250 g/mol. The van der Waals surface area contributed by atoms with E-state index < -0.39 is 17.7 Å². The molecule has 106 valence electrons. The Labute approximate surface area is 112 Å². The molecule has 0 aliphatic heterocycles. The number of hydrogen-bond donors (Lipinski definition) is 2. The summed E-state index contributed by atoms with van der Waals surface area (Å²) in [6, 6.07) is 2.54. The fraction of sp³-hybridized carbons (Fsp3) is 0.500. The van der Waals surface area contributed by atoms with Crippen LogP contribution in [0.4, 0.5) is 14.5 Å². The Hall–Kier alpha value is -1.65. The van der Waals surface area contributed by atoms with Gasteiger partial charge in [0, 0.05) is 6.04 Å².